The molecular formula is C30H28ClFN6O2. The fraction of sp³-hybridized carbons (Fsp3) is 0.267. The molecule has 1 fully saturated rings. The van der Waals surface area contributed by atoms with Crippen molar-refractivity contribution in [2.75, 3.05) is 50.6 Å². The van der Waals surface area contributed by atoms with Gasteiger partial charge in [-0.3, -0.25) is 19.6 Å². The zero-order valence-electron chi connectivity index (χ0n) is 22.4. The average Bonchev–Trinajstić information content (AvgIpc) is 2.94. The van der Waals surface area contributed by atoms with Crippen LogP contribution in [-0.4, -0.2) is 84.4 Å². The topological polar surface area (TPSA) is 72.9 Å². The zero-order valence-corrected chi connectivity index (χ0v) is 23.2. The van der Waals surface area contributed by atoms with Crippen LogP contribution < -0.4 is 9.80 Å². The monoisotopic (exact) mass is 558 g/mol. The lowest BCUT2D eigenvalue weighted by Gasteiger charge is -2.51. The van der Waals surface area contributed by atoms with Gasteiger partial charge in [0.2, 0.25) is 5.91 Å². The number of piperazine rings is 1. The molecule has 2 aliphatic rings. The molecule has 0 saturated carbocycles. The lowest BCUT2D eigenvalue weighted by atomic mass is 9.97. The van der Waals surface area contributed by atoms with Crippen LogP contribution in [0.25, 0.3) is 32.9 Å². The van der Waals surface area contributed by atoms with Crippen LogP contribution in [0.2, 0.25) is 5.02 Å². The molecule has 0 spiro atoms. The SMILES string of the molecule is C=CC(=O)N1C[C@H]2C(=O)N(C)c3cnc4c(F)c(-c5cccc6cccc(Cl)c56)ncc4c3N2C[C@@H]1CN(C)C. The predicted octanol–water partition coefficient (Wildman–Crippen LogP) is 4.35. The van der Waals surface area contributed by atoms with Gasteiger partial charge in [-0.2, -0.15) is 0 Å². The number of pyridine rings is 2. The Labute approximate surface area is 236 Å². The van der Waals surface area contributed by atoms with E-state index in [1.165, 1.54) is 17.2 Å². The molecular weight excluding hydrogens is 531 g/mol. The number of halogens is 2. The first-order valence-electron chi connectivity index (χ1n) is 13.0. The molecule has 0 unspecified atom stereocenters. The Morgan fingerprint density at radius 3 is 2.65 bits per heavy atom. The van der Waals surface area contributed by atoms with E-state index in [1.807, 2.05) is 48.2 Å². The van der Waals surface area contributed by atoms with Gasteiger partial charge in [-0.15, -0.1) is 0 Å². The van der Waals surface area contributed by atoms with Crippen molar-refractivity contribution in [3.63, 3.8) is 0 Å². The maximum Gasteiger partial charge on any atom is 0.251 e. The average molecular weight is 559 g/mol. The number of fused-ring (bicyclic) bond motifs is 6. The lowest BCUT2D eigenvalue weighted by molar-refractivity contribution is -0.131. The smallest absolute Gasteiger partial charge is 0.251 e. The quantitative estimate of drug-likeness (QED) is 0.347. The summed E-state index contributed by atoms with van der Waals surface area (Å²) in [5, 5.41) is 2.61. The van der Waals surface area contributed by atoms with Gasteiger partial charge in [0.25, 0.3) is 5.91 Å². The number of carbonyl (C=O) groups excluding carboxylic acids is 2. The van der Waals surface area contributed by atoms with Crippen molar-refractivity contribution >= 4 is 56.5 Å². The molecule has 10 heteroatoms. The molecule has 8 nitrogen and oxygen atoms in total. The minimum atomic E-state index is -0.634. The van der Waals surface area contributed by atoms with Crippen molar-refractivity contribution in [1.82, 2.24) is 19.8 Å². The van der Waals surface area contributed by atoms with Crippen LogP contribution in [0.4, 0.5) is 15.8 Å². The molecule has 0 aliphatic carbocycles. The largest absolute Gasteiger partial charge is 0.354 e. The molecule has 4 heterocycles. The Morgan fingerprint density at radius 1 is 1.18 bits per heavy atom. The van der Waals surface area contributed by atoms with Gasteiger partial charge in [-0.25, -0.2) is 4.39 Å². The van der Waals surface area contributed by atoms with Crippen molar-refractivity contribution < 1.29 is 14.0 Å². The van der Waals surface area contributed by atoms with Crippen molar-refractivity contribution in [3.8, 4) is 11.3 Å². The Hall–Kier alpha value is -4.08. The maximum atomic E-state index is 16.3. The van der Waals surface area contributed by atoms with Crippen molar-refractivity contribution in [2.24, 2.45) is 0 Å². The number of rotatable bonds is 4. The molecule has 2 atom stereocenters. The van der Waals surface area contributed by atoms with Gasteiger partial charge < -0.3 is 19.6 Å². The van der Waals surface area contributed by atoms with Gasteiger partial charge in [0.05, 0.1) is 30.2 Å². The third-order valence-corrected chi connectivity index (χ3v) is 8.12. The van der Waals surface area contributed by atoms with E-state index in [0.29, 0.717) is 40.4 Å². The highest BCUT2D eigenvalue weighted by Gasteiger charge is 2.45. The van der Waals surface area contributed by atoms with Gasteiger partial charge in [0.1, 0.15) is 17.3 Å². The highest BCUT2D eigenvalue weighted by molar-refractivity contribution is 6.36. The second-order valence-electron chi connectivity index (χ2n) is 10.5. The zero-order chi connectivity index (χ0) is 28.3. The summed E-state index contributed by atoms with van der Waals surface area (Å²) in [6.45, 7) is 4.82. The van der Waals surface area contributed by atoms with Crippen LogP contribution >= 0.6 is 11.6 Å². The highest BCUT2D eigenvalue weighted by atomic mass is 35.5. The van der Waals surface area contributed by atoms with Crippen LogP contribution in [0.5, 0.6) is 0 Å². The number of hydrogen-bond acceptors (Lipinski definition) is 6. The van der Waals surface area contributed by atoms with E-state index in [-0.39, 0.29) is 35.6 Å². The van der Waals surface area contributed by atoms with Crippen molar-refractivity contribution in [2.45, 2.75) is 12.1 Å². The van der Waals surface area contributed by atoms with Gasteiger partial charge in [0, 0.05) is 47.7 Å². The Bertz CT molecular complexity index is 1700. The summed E-state index contributed by atoms with van der Waals surface area (Å²) in [4.78, 5) is 42.6. The van der Waals surface area contributed by atoms with Crippen LogP contribution in [0.3, 0.4) is 0 Å². The van der Waals surface area contributed by atoms with Gasteiger partial charge in [0.15, 0.2) is 5.82 Å². The molecule has 0 bridgehead atoms. The number of carbonyl (C=O) groups is 2. The summed E-state index contributed by atoms with van der Waals surface area (Å²) < 4.78 is 16.3. The van der Waals surface area contributed by atoms with Gasteiger partial charge >= 0.3 is 0 Å². The maximum absolute atomic E-state index is 16.3. The minimum Gasteiger partial charge on any atom is -0.354 e. The molecule has 2 aliphatic heterocycles. The van der Waals surface area contributed by atoms with E-state index in [1.54, 1.807) is 30.3 Å². The fourth-order valence-corrected chi connectivity index (χ4v) is 6.27. The number of likely N-dealkylation sites (N-methyl/N-ethyl adjacent to an activating group) is 2. The standard InChI is InChI=1S/C30H28ClFN6O2/c1-5-24(39)37-16-23-30(40)36(4)22-13-34-28-20(29(22)38(23)15-18(37)14-35(2)3)12-33-27(26(28)32)19-10-6-8-17-9-7-11-21(31)25(17)19/h5-13,18,23H,1,14-16H2,2-4H3/t18-,23-/m0/s1. The Balaban J connectivity index is 1.53. The fourth-order valence-electron chi connectivity index (χ4n) is 5.98. The van der Waals surface area contributed by atoms with E-state index in [0.717, 1.165) is 10.8 Å². The molecule has 2 aromatic carbocycles. The normalized spacial score (nSPS) is 18.9. The van der Waals surface area contributed by atoms with Crippen molar-refractivity contribution in [1.29, 1.82) is 0 Å². The molecule has 6 rings (SSSR count). The molecule has 1 saturated heterocycles. The number of nitrogens with zero attached hydrogens (tertiary/aromatic N) is 6. The molecule has 0 radical (unpaired) electrons. The number of amides is 2. The first-order chi connectivity index (χ1) is 19.2. The first-order valence-corrected chi connectivity index (χ1v) is 13.4. The molecule has 2 amide bonds. The van der Waals surface area contributed by atoms with E-state index >= 15 is 4.39 Å². The van der Waals surface area contributed by atoms with Crippen LogP contribution in [0.1, 0.15) is 0 Å². The number of hydrogen-bond donors (Lipinski definition) is 0. The van der Waals surface area contributed by atoms with Crippen LogP contribution in [-0.2, 0) is 9.59 Å². The summed E-state index contributed by atoms with van der Waals surface area (Å²) in [7, 11) is 5.55. The third-order valence-electron chi connectivity index (χ3n) is 7.81. The Kier molecular flexibility index (Phi) is 6.43. The molecule has 2 aromatic heterocycles. The summed E-state index contributed by atoms with van der Waals surface area (Å²) in [6.07, 6.45) is 4.44. The minimum absolute atomic E-state index is 0.155. The van der Waals surface area contributed by atoms with E-state index in [4.69, 9.17) is 11.6 Å². The summed E-state index contributed by atoms with van der Waals surface area (Å²) in [5.74, 6) is -0.943. The molecule has 4 aromatic rings. The second-order valence-corrected chi connectivity index (χ2v) is 10.9. The van der Waals surface area contributed by atoms with Crippen molar-refractivity contribution in [3.05, 3.63) is 72.3 Å². The van der Waals surface area contributed by atoms with Crippen LogP contribution in [0.15, 0.2) is 61.4 Å². The number of anilines is 2. The molecule has 204 valence electrons. The number of aromatic nitrogens is 2. The van der Waals surface area contributed by atoms with Crippen LogP contribution in [0, 0.1) is 5.82 Å². The molecule has 40 heavy (non-hydrogen) atoms. The molecule has 0 N–H and O–H groups in total. The first kappa shape index (κ1) is 26.2. The summed E-state index contributed by atoms with van der Waals surface area (Å²) >= 11 is 6.53. The second kappa shape index (κ2) is 9.83. The number of benzene rings is 2. The third kappa shape index (κ3) is 4.00. The predicted molar refractivity (Wildman–Crippen MR) is 156 cm³/mol. The lowest BCUT2D eigenvalue weighted by Crippen LogP contribution is -2.67. The highest BCUT2D eigenvalue weighted by Crippen LogP contribution is 2.44. The van der Waals surface area contributed by atoms with E-state index in [2.05, 4.69) is 16.5 Å². The van der Waals surface area contributed by atoms with Gasteiger partial charge in [-0.05, 0) is 31.6 Å². The summed E-state index contributed by atoms with van der Waals surface area (Å²) in [5.41, 5.74) is 2.14. The van der Waals surface area contributed by atoms with Gasteiger partial charge in [-0.1, -0.05) is 48.5 Å². The van der Waals surface area contributed by atoms with E-state index < -0.39 is 11.9 Å². The summed E-state index contributed by atoms with van der Waals surface area (Å²) in [6, 6.07) is 10.3. The Morgan fingerprint density at radius 2 is 1.93 bits per heavy atom. The van der Waals surface area contributed by atoms with E-state index in [9.17, 15) is 9.59 Å².